The Kier molecular flexibility index (Phi) is 4.37. The summed E-state index contributed by atoms with van der Waals surface area (Å²) in [5, 5.41) is 0.758. The van der Waals surface area contributed by atoms with Crippen LogP contribution in [-0.2, 0) is 6.54 Å². The Labute approximate surface area is 108 Å². The lowest BCUT2D eigenvalue weighted by Crippen LogP contribution is -2.38. The van der Waals surface area contributed by atoms with Gasteiger partial charge in [0.15, 0.2) is 0 Å². The highest BCUT2D eigenvalue weighted by Gasteiger charge is 2.22. The van der Waals surface area contributed by atoms with Crippen molar-refractivity contribution in [3.63, 3.8) is 0 Å². The van der Waals surface area contributed by atoms with Gasteiger partial charge >= 0.3 is 0 Å². The maximum Gasteiger partial charge on any atom is 0.0558 e. The van der Waals surface area contributed by atoms with Gasteiger partial charge in [-0.15, -0.1) is 0 Å². The van der Waals surface area contributed by atoms with Crippen molar-refractivity contribution in [1.29, 1.82) is 0 Å². The predicted molar refractivity (Wildman–Crippen MR) is 70.9 cm³/mol. The Morgan fingerprint density at radius 1 is 1.41 bits per heavy atom. The molecule has 0 saturated heterocycles. The highest BCUT2D eigenvalue weighted by molar-refractivity contribution is 6.30. The van der Waals surface area contributed by atoms with Crippen molar-refractivity contribution in [3.05, 3.63) is 29.0 Å². The van der Waals surface area contributed by atoms with E-state index in [4.69, 9.17) is 17.3 Å². The minimum atomic E-state index is 0.406. The lowest BCUT2D eigenvalue weighted by Gasteiger charge is -2.33. The van der Waals surface area contributed by atoms with Crippen molar-refractivity contribution < 1.29 is 0 Å². The summed E-state index contributed by atoms with van der Waals surface area (Å²) in [6, 6.07) is 4.79. The monoisotopic (exact) mass is 253 g/mol. The highest BCUT2D eigenvalue weighted by atomic mass is 35.5. The molecule has 94 valence electrons. The molecule has 1 saturated carbocycles. The molecule has 0 atom stereocenters. The van der Waals surface area contributed by atoms with Crippen LogP contribution >= 0.6 is 11.6 Å². The van der Waals surface area contributed by atoms with Crippen LogP contribution in [0.3, 0.4) is 0 Å². The standard InChI is InChI=1S/C13H20ClN3/c1-17(13-4-2-11(15)3-5-13)9-12-8-10(14)6-7-16-12/h6-8,11,13H,2-5,9,15H2,1H3. The molecule has 1 heterocycles. The largest absolute Gasteiger partial charge is 0.328 e. The van der Waals surface area contributed by atoms with Crippen LogP contribution in [-0.4, -0.2) is 29.0 Å². The fourth-order valence-electron chi connectivity index (χ4n) is 2.46. The van der Waals surface area contributed by atoms with E-state index < -0.39 is 0 Å². The summed E-state index contributed by atoms with van der Waals surface area (Å²) in [6.45, 7) is 0.862. The maximum atomic E-state index is 5.96. The molecule has 1 aromatic heterocycles. The summed E-state index contributed by atoms with van der Waals surface area (Å²) in [7, 11) is 2.16. The average molecular weight is 254 g/mol. The summed E-state index contributed by atoms with van der Waals surface area (Å²) in [6.07, 6.45) is 6.43. The number of halogens is 1. The zero-order chi connectivity index (χ0) is 12.3. The van der Waals surface area contributed by atoms with E-state index >= 15 is 0 Å². The molecule has 0 bridgehead atoms. The third-order valence-corrected chi connectivity index (χ3v) is 3.79. The summed E-state index contributed by atoms with van der Waals surface area (Å²) in [4.78, 5) is 6.70. The normalized spacial score (nSPS) is 25.2. The number of nitrogens with zero attached hydrogens (tertiary/aromatic N) is 2. The van der Waals surface area contributed by atoms with Crippen LogP contribution < -0.4 is 5.73 Å². The van der Waals surface area contributed by atoms with E-state index in [0.29, 0.717) is 12.1 Å². The summed E-state index contributed by atoms with van der Waals surface area (Å²) < 4.78 is 0. The Morgan fingerprint density at radius 3 is 2.76 bits per heavy atom. The maximum absolute atomic E-state index is 5.96. The van der Waals surface area contributed by atoms with Gasteiger partial charge in [0.1, 0.15) is 0 Å². The number of pyridine rings is 1. The lowest BCUT2D eigenvalue weighted by atomic mass is 9.91. The highest BCUT2D eigenvalue weighted by Crippen LogP contribution is 2.22. The molecular formula is C13H20ClN3. The second-order valence-electron chi connectivity index (χ2n) is 4.95. The number of hydrogen-bond donors (Lipinski definition) is 1. The summed E-state index contributed by atoms with van der Waals surface area (Å²) in [5.41, 5.74) is 6.96. The van der Waals surface area contributed by atoms with Gasteiger partial charge in [-0.3, -0.25) is 9.88 Å². The molecule has 2 N–H and O–H groups in total. The van der Waals surface area contributed by atoms with Gasteiger partial charge in [-0.2, -0.15) is 0 Å². The van der Waals surface area contributed by atoms with E-state index in [0.717, 1.165) is 30.1 Å². The smallest absolute Gasteiger partial charge is 0.0558 e. The van der Waals surface area contributed by atoms with Gasteiger partial charge in [-0.25, -0.2) is 0 Å². The molecule has 1 aliphatic carbocycles. The number of nitrogens with two attached hydrogens (primary N) is 1. The van der Waals surface area contributed by atoms with Crippen molar-refractivity contribution in [1.82, 2.24) is 9.88 Å². The summed E-state index contributed by atoms with van der Waals surface area (Å²) >= 11 is 5.96. The molecule has 1 aliphatic rings. The van der Waals surface area contributed by atoms with Crippen LogP contribution in [0.4, 0.5) is 0 Å². The molecule has 2 rings (SSSR count). The van der Waals surface area contributed by atoms with Crippen LogP contribution in [0.5, 0.6) is 0 Å². The number of rotatable bonds is 3. The van der Waals surface area contributed by atoms with Crippen LogP contribution in [0.1, 0.15) is 31.4 Å². The minimum absolute atomic E-state index is 0.406. The molecule has 1 fully saturated rings. The van der Waals surface area contributed by atoms with Crippen LogP contribution in [0.15, 0.2) is 18.3 Å². The van der Waals surface area contributed by atoms with Crippen LogP contribution in [0.25, 0.3) is 0 Å². The fourth-order valence-corrected chi connectivity index (χ4v) is 2.64. The van der Waals surface area contributed by atoms with E-state index in [1.54, 1.807) is 6.20 Å². The first-order chi connectivity index (χ1) is 8.15. The molecule has 4 heteroatoms. The van der Waals surface area contributed by atoms with Crippen LogP contribution in [0, 0.1) is 0 Å². The third kappa shape index (κ3) is 3.66. The van der Waals surface area contributed by atoms with E-state index in [2.05, 4.69) is 16.9 Å². The van der Waals surface area contributed by atoms with Crippen molar-refractivity contribution >= 4 is 11.6 Å². The fraction of sp³-hybridized carbons (Fsp3) is 0.615. The Morgan fingerprint density at radius 2 is 2.12 bits per heavy atom. The molecule has 1 aromatic rings. The van der Waals surface area contributed by atoms with Crippen molar-refractivity contribution in [2.75, 3.05) is 7.05 Å². The Hall–Kier alpha value is -0.640. The first-order valence-electron chi connectivity index (χ1n) is 6.21. The van der Waals surface area contributed by atoms with Crippen molar-refractivity contribution in [2.24, 2.45) is 5.73 Å². The van der Waals surface area contributed by atoms with Gasteiger partial charge in [0.05, 0.1) is 5.69 Å². The quantitative estimate of drug-likeness (QED) is 0.900. The van der Waals surface area contributed by atoms with Gasteiger partial charge in [0, 0.05) is 29.8 Å². The Bertz CT molecular complexity index is 361. The average Bonchev–Trinajstić information content (AvgIpc) is 2.29. The third-order valence-electron chi connectivity index (χ3n) is 3.55. The van der Waals surface area contributed by atoms with Crippen LogP contribution in [0.2, 0.25) is 5.02 Å². The van der Waals surface area contributed by atoms with Gasteiger partial charge in [-0.1, -0.05) is 11.6 Å². The number of hydrogen-bond acceptors (Lipinski definition) is 3. The van der Waals surface area contributed by atoms with E-state index in [9.17, 15) is 0 Å². The molecule has 0 radical (unpaired) electrons. The Balaban J connectivity index is 1.90. The topological polar surface area (TPSA) is 42.2 Å². The van der Waals surface area contributed by atoms with Crippen molar-refractivity contribution in [2.45, 2.75) is 44.3 Å². The minimum Gasteiger partial charge on any atom is -0.328 e. The molecule has 17 heavy (non-hydrogen) atoms. The zero-order valence-electron chi connectivity index (χ0n) is 10.3. The second kappa shape index (κ2) is 5.80. The number of aromatic nitrogens is 1. The van der Waals surface area contributed by atoms with E-state index in [1.807, 2.05) is 12.1 Å². The van der Waals surface area contributed by atoms with Gasteiger partial charge in [-0.05, 0) is 44.9 Å². The van der Waals surface area contributed by atoms with Crippen molar-refractivity contribution in [3.8, 4) is 0 Å². The first-order valence-corrected chi connectivity index (χ1v) is 6.59. The molecule has 0 aromatic carbocycles. The summed E-state index contributed by atoms with van der Waals surface area (Å²) in [5.74, 6) is 0. The SMILES string of the molecule is CN(Cc1cc(Cl)ccn1)C1CCC(N)CC1. The van der Waals surface area contributed by atoms with E-state index in [-0.39, 0.29) is 0 Å². The second-order valence-corrected chi connectivity index (χ2v) is 5.39. The molecule has 3 nitrogen and oxygen atoms in total. The molecule has 0 spiro atoms. The van der Waals surface area contributed by atoms with E-state index in [1.165, 1.54) is 12.8 Å². The van der Waals surface area contributed by atoms with Gasteiger partial charge < -0.3 is 5.73 Å². The van der Waals surface area contributed by atoms with Gasteiger partial charge in [0.2, 0.25) is 0 Å². The molecule has 0 amide bonds. The lowest BCUT2D eigenvalue weighted by molar-refractivity contribution is 0.174. The first kappa shape index (κ1) is 12.8. The van der Waals surface area contributed by atoms with Gasteiger partial charge in [0.25, 0.3) is 0 Å². The predicted octanol–water partition coefficient (Wildman–Crippen LogP) is 2.44. The zero-order valence-corrected chi connectivity index (χ0v) is 11.0. The molecule has 0 unspecified atom stereocenters. The molecular weight excluding hydrogens is 234 g/mol. The molecule has 0 aliphatic heterocycles.